The molecule has 2 unspecified atom stereocenters. The van der Waals surface area contributed by atoms with Crippen molar-refractivity contribution in [2.75, 3.05) is 19.5 Å². The summed E-state index contributed by atoms with van der Waals surface area (Å²) in [6, 6.07) is 13.1. The van der Waals surface area contributed by atoms with Gasteiger partial charge in [0.25, 0.3) is 5.56 Å². The number of rotatable bonds is 4. The van der Waals surface area contributed by atoms with Crippen LogP contribution in [0.3, 0.4) is 0 Å². The summed E-state index contributed by atoms with van der Waals surface area (Å²) in [5, 5.41) is 9.41. The minimum Gasteiger partial charge on any atom is -0.493 e. The summed E-state index contributed by atoms with van der Waals surface area (Å²) in [6.07, 6.45) is 0.963. The van der Waals surface area contributed by atoms with Crippen LogP contribution in [-0.2, 0) is 4.79 Å². The Labute approximate surface area is 189 Å². The van der Waals surface area contributed by atoms with E-state index in [1.807, 2.05) is 36.4 Å². The van der Waals surface area contributed by atoms with Gasteiger partial charge in [0.2, 0.25) is 0 Å². The highest BCUT2D eigenvalue weighted by Gasteiger charge is 2.40. The van der Waals surface area contributed by atoms with Crippen LogP contribution in [0, 0.1) is 0 Å². The molecule has 2 aromatic carbocycles. The van der Waals surface area contributed by atoms with Crippen molar-refractivity contribution in [2.45, 2.75) is 24.7 Å². The molecule has 1 aliphatic carbocycles. The van der Waals surface area contributed by atoms with Gasteiger partial charge in [0.1, 0.15) is 5.82 Å². The Morgan fingerprint density at radius 1 is 0.938 bits per heavy atom. The zero-order valence-electron chi connectivity index (χ0n) is 17.6. The lowest BCUT2D eigenvalue weighted by atomic mass is 9.73. The van der Waals surface area contributed by atoms with Crippen molar-refractivity contribution < 1.29 is 14.3 Å². The van der Waals surface area contributed by atoms with E-state index in [9.17, 15) is 9.59 Å². The number of Topliss-reactive ketones (excluding diaryl/α,β-unsaturated/α-hetero) is 1. The molecule has 32 heavy (non-hydrogen) atoms. The second kappa shape index (κ2) is 7.91. The second-order valence-electron chi connectivity index (χ2n) is 8.02. The van der Waals surface area contributed by atoms with Crippen LogP contribution in [0.4, 0.5) is 5.82 Å². The molecular formula is C24H22ClN3O4. The number of aromatic nitrogens is 2. The first-order valence-electron chi connectivity index (χ1n) is 10.3. The third kappa shape index (κ3) is 3.29. The highest BCUT2D eigenvalue weighted by molar-refractivity contribution is 6.30. The SMILES string of the molecule is COc1ccc(C2CC(=O)C3=C(C2)Nc2[nH][nH]c(=O)c2C3c2cccc(Cl)c2)cc1OC. The first-order chi connectivity index (χ1) is 15.5. The summed E-state index contributed by atoms with van der Waals surface area (Å²) < 4.78 is 10.8. The van der Waals surface area contributed by atoms with Crippen molar-refractivity contribution in [3.05, 3.63) is 85.8 Å². The number of anilines is 1. The highest BCUT2D eigenvalue weighted by Crippen LogP contribution is 2.47. The second-order valence-corrected chi connectivity index (χ2v) is 8.45. The molecule has 3 N–H and O–H groups in total. The lowest BCUT2D eigenvalue weighted by Crippen LogP contribution is -2.31. The number of fused-ring (bicyclic) bond motifs is 1. The minimum atomic E-state index is -0.478. The Morgan fingerprint density at radius 3 is 2.50 bits per heavy atom. The van der Waals surface area contributed by atoms with Crippen LogP contribution in [0.1, 0.15) is 41.4 Å². The van der Waals surface area contributed by atoms with Gasteiger partial charge in [-0.05, 0) is 47.7 Å². The molecule has 3 aromatic rings. The predicted molar refractivity (Wildman–Crippen MR) is 122 cm³/mol. The fourth-order valence-electron chi connectivity index (χ4n) is 4.78. The topological polar surface area (TPSA) is 96.2 Å². The number of nitrogens with one attached hydrogen (secondary N) is 3. The maximum absolute atomic E-state index is 13.5. The number of aromatic amines is 2. The average molecular weight is 452 g/mol. The molecule has 1 aromatic heterocycles. The van der Waals surface area contributed by atoms with Crippen molar-refractivity contribution in [3.63, 3.8) is 0 Å². The quantitative estimate of drug-likeness (QED) is 0.548. The molecule has 1 aliphatic heterocycles. The molecule has 7 nitrogen and oxygen atoms in total. The third-order valence-corrected chi connectivity index (χ3v) is 6.47. The predicted octanol–water partition coefficient (Wildman–Crippen LogP) is 4.33. The number of allylic oxidation sites excluding steroid dienone is 2. The Bertz CT molecular complexity index is 1310. The fourth-order valence-corrected chi connectivity index (χ4v) is 4.98. The number of benzene rings is 2. The van der Waals surface area contributed by atoms with Crippen LogP contribution in [0.25, 0.3) is 0 Å². The smallest absolute Gasteiger partial charge is 0.270 e. The number of hydrogen-bond donors (Lipinski definition) is 3. The molecular weight excluding hydrogens is 430 g/mol. The standard InChI is InChI=1S/C24H22ClN3O4/c1-31-18-7-6-12(11-19(18)32-2)14-9-16-21(17(29)10-14)20(13-4-3-5-15(25)8-13)22-23(26-16)27-28-24(22)30/h3-8,11,14,20H,9-10H2,1-2H3,(H3,26,27,28,30). The molecule has 5 rings (SSSR count). The zero-order valence-corrected chi connectivity index (χ0v) is 18.4. The van der Waals surface area contributed by atoms with E-state index in [0.29, 0.717) is 46.3 Å². The maximum Gasteiger partial charge on any atom is 0.270 e. The summed E-state index contributed by atoms with van der Waals surface area (Å²) in [5.74, 6) is 1.36. The van der Waals surface area contributed by atoms with Crippen LogP contribution in [-0.4, -0.2) is 30.2 Å². The van der Waals surface area contributed by atoms with E-state index in [2.05, 4.69) is 15.5 Å². The largest absolute Gasteiger partial charge is 0.493 e. The number of H-pyrrole nitrogens is 2. The number of halogens is 1. The van der Waals surface area contributed by atoms with E-state index in [0.717, 1.165) is 16.8 Å². The van der Waals surface area contributed by atoms with E-state index in [4.69, 9.17) is 21.1 Å². The Morgan fingerprint density at radius 2 is 1.75 bits per heavy atom. The van der Waals surface area contributed by atoms with Crippen LogP contribution in [0.2, 0.25) is 5.02 Å². The Kier molecular flexibility index (Phi) is 5.06. The van der Waals surface area contributed by atoms with Gasteiger partial charge in [-0.25, -0.2) is 0 Å². The van der Waals surface area contributed by atoms with E-state index >= 15 is 0 Å². The molecule has 0 saturated heterocycles. The van der Waals surface area contributed by atoms with Crippen LogP contribution < -0.4 is 20.3 Å². The first kappa shape index (κ1) is 20.5. The first-order valence-corrected chi connectivity index (χ1v) is 10.7. The monoisotopic (exact) mass is 451 g/mol. The molecule has 2 heterocycles. The number of hydrogen-bond acceptors (Lipinski definition) is 5. The van der Waals surface area contributed by atoms with Gasteiger partial charge < -0.3 is 14.8 Å². The molecule has 0 fully saturated rings. The molecule has 0 amide bonds. The minimum absolute atomic E-state index is 0.00904. The molecule has 0 bridgehead atoms. The summed E-state index contributed by atoms with van der Waals surface area (Å²) in [5.41, 5.74) is 3.51. The van der Waals surface area contributed by atoms with E-state index < -0.39 is 5.92 Å². The van der Waals surface area contributed by atoms with Gasteiger partial charge in [0.15, 0.2) is 17.3 Å². The number of methoxy groups -OCH3 is 2. The summed E-state index contributed by atoms with van der Waals surface area (Å²) in [7, 11) is 3.19. The van der Waals surface area contributed by atoms with Crippen LogP contribution in [0.5, 0.6) is 11.5 Å². The highest BCUT2D eigenvalue weighted by atomic mass is 35.5. The summed E-state index contributed by atoms with van der Waals surface area (Å²) in [4.78, 5) is 26.1. The van der Waals surface area contributed by atoms with Crippen LogP contribution in [0.15, 0.2) is 58.5 Å². The maximum atomic E-state index is 13.5. The lowest BCUT2D eigenvalue weighted by Gasteiger charge is -2.34. The van der Waals surface area contributed by atoms with Gasteiger partial charge in [-0.15, -0.1) is 0 Å². The Hall–Kier alpha value is -3.45. The number of carbonyl (C=O) groups excluding carboxylic acids is 1. The van der Waals surface area contributed by atoms with Crippen molar-refractivity contribution in [3.8, 4) is 11.5 Å². The van der Waals surface area contributed by atoms with Crippen molar-refractivity contribution in [2.24, 2.45) is 0 Å². The summed E-state index contributed by atoms with van der Waals surface area (Å²) in [6.45, 7) is 0. The molecule has 2 atom stereocenters. The average Bonchev–Trinajstić information content (AvgIpc) is 3.17. The van der Waals surface area contributed by atoms with E-state index in [1.54, 1.807) is 20.3 Å². The fraction of sp³-hybridized carbons (Fsp3) is 0.250. The molecule has 0 radical (unpaired) electrons. The van der Waals surface area contributed by atoms with Gasteiger partial charge >= 0.3 is 0 Å². The van der Waals surface area contributed by atoms with Gasteiger partial charge in [-0.1, -0.05) is 29.8 Å². The third-order valence-electron chi connectivity index (χ3n) is 6.24. The molecule has 2 aliphatic rings. The number of ether oxygens (including phenoxy) is 2. The molecule has 8 heteroatoms. The molecule has 0 saturated carbocycles. The van der Waals surface area contributed by atoms with Crippen molar-refractivity contribution in [1.29, 1.82) is 0 Å². The van der Waals surface area contributed by atoms with Gasteiger partial charge in [0, 0.05) is 28.6 Å². The van der Waals surface area contributed by atoms with E-state index in [1.165, 1.54) is 0 Å². The summed E-state index contributed by atoms with van der Waals surface area (Å²) >= 11 is 6.24. The normalized spacial score (nSPS) is 19.8. The van der Waals surface area contributed by atoms with Gasteiger partial charge in [-0.3, -0.25) is 19.8 Å². The molecule has 164 valence electrons. The lowest BCUT2D eigenvalue weighted by molar-refractivity contribution is -0.116. The van der Waals surface area contributed by atoms with Crippen molar-refractivity contribution >= 4 is 23.2 Å². The molecule has 0 spiro atoms. The Balaban J connectivity index is 1.59. The number of ketones is 1. The van der Waals surface area contributed by atoms with Gasteiger partial charge in [-0.2, -0.15) is 0 Å². The van der Waals surface area contributed by atoms with Gasteiger partial charge in [0.05, 0.1) is 19.8 Å². The van der Waals surface area contributed by atoms with E-state index in [-0.39, 0.29) is 17.3 Å². The number of carbonyl (C=O) groups is 1. The zero-order chi connectivity index (χ0) is 22.4. The van der Waals surface area contributed by atoms with Crippen LogP contribution >= 0.6 is 11.6 Å². The van der Waals surface area contributed by atoms with Crippen molar-refractivity contribution in [1.82, 2.24) is 10.2 Å².